The predicted octanol–water partition coefficient (Wildman–Crippen LogP) is 4.09. The molecule has 0 fully saturated rings. The average Bonchev–Trinajstić information content (AvgIpc) is 2.91. The normalized spacial score (nSPS) is 11.2. The van der Waals surface area contributed by atoms with Crippen molar-refractivity contribution in [3.05, 3.63) is 52.4 Å². The molecule has 0 unspecified atom stereocenters. The minimum absolute atomic E-state index is 0.112. The monoisotopic (exact) mass is 414 g/mol. The van der Waals surface area contributed by atoms with Gasteiger partial charge in [-0.25, -0.2) is 4.98 Å². The lowest BCUT2D eigenvalue weighted by molar-refractivity contribution is 0.965. The fraction of sp³-hybridized carbons (Fsp3) is 0.0588. The Hall–Kier alpha value is -2.51. The topological polar surface area (TPSA) is 82.5 Å². The van der Waals surface area contributed by atoms with Gasteiger partial charge in [0.25, 0.3) is 0 Å². The van der Waals surface area contributed by atoms with Crippen molar-refractivity contribution in [2.45, 2.75) is 0 Å². The van der Waals surface area contributed by atoms with Gasteiger partial charge in [-0.3, -0.25) is 4.98 Å². The lowest BCUT2D eigenvalue weighted by atomic mass is 10.1. The van der Waals surface area contributed by atoms with E-state index in [1.54, 1.807) is 12.4 Å². The van der Waals surface area contributed by atoms with Gasteiger partial charge >= 0.3 is 0 Å². The molecule has 0 aliphatic carbocycles. The standard InChI is InChI=1S/C17H12BrClN6/c1-25-8-13(12-5-11(19)2-3-14(12)25)16-15(23-24-17(20)22-16)9-4-10(18)7-21-6-9/h2-8H,1H3,(H2,20,22,24). The van der Waals surface area contributed by atoms with E-state index in [1.165, 1.54) is 0 Å². The molecule has 0 saturated carbocycles. The number of fused-ring (bicyclic) bond motifs is 1. The van der Waals surface area contributed by atoms with Crippen LogP contribution in [0.1, 0.15) is 0 Å². The summed E-state index contributed by atoms with van der Waals surface area (Å²) in [6, 6.07) is 7.66. The zero-order chi connectivity index (χ0) is 17.6. The van der Waals surface area contributed by atoms with Gasteiger partial charge in [-0.1, -0.05) is 11.6 Å². The van der Waals surface area contributed by atoms with E-state index < -0.39 is 0 Å². The first-order valence-corrected chi connectivity index (χ1v) is 8.56. The highest BCUT2D eigenvalue weighted by Crippen LogP contribution is 2.36. The lowest BCUT2D eigenvalue weighted by Gasteiger charge is -2.07. The molecule has 0 atom stereocenters. The summed E-state index contributed by atoms with van der Waals surface area (Å²) in [5.74, 6) is 0.112. The Morgan fingerprint density at radius 2 is 1.96 bits per heavy atom. The summed E-state index contributed by atoms with van der Waals surface area (Å²) in [7, 11) is 1.97. The number of hydrogen-bond acceptors (Lipinski definition) is 5. The second-order valence-electron chi connectivity index (χ2n) is 5.57. The molecule has 4 rings (SSSR count). The van der Waals surface area contributed by atoms with Gasteiger partial charge in [0.05, 0.1) is 0 Å². The van der Waals surface area contributed by atoms with Crippen LogP contribution in [0, 0.1) is 0 Å². The summed E-state index contributed by atoms with van der Waals surface area (Å²) >= 11 is 9.63. The summed E-state index contributed by atoms with van der Waals surface area (Å²) in [5.41, 5.74) is 9.77. The van der Waals surface area contributed by atoms with Gasteiger partial charge in [-0.05, 0) is 40.2 Å². The largest absolute Gasteiger partial charge is 0.366 e. The third-order valence-corrected chi connectivity index (χ3v) is 4.56. The summed E-state index contributed by atoms with van der Waals surface area (Å²) < 4.78 is 2.86. The highest BCUT2D eigenvalue weighted by atomic mass is 79.9. The number of rotatable bonds is 2. The molecule has 0 bridgehead atoms. The molecule has 0 radical (unpaired) electrons. The SMILES string of the molecule is Cn1cc(-c2nc(N)nnc2-c2cncc(Br)c2)c2cc(Cl)ccc21. The quantitative estimate of drug-likeness (QED) is 0.533. The van der Waals surface area contributed by atoms with E-state index in [4.69, 9.17) is 17.3 Å². The summed E-state index contributed by atoms with van der Waals surface area (Å²) in [6.45, 7) is 0. The van der Waals surface area contributed by atoms with Crippen LogP contribution in [0.5, 0.6) is 0 Å². The molecule has 124 valence electrons. The molecule has 3 aromatic heterocycles. The number of hydrogen-bond donors (Lipinski definition) is 1. The van der Waals surface area contributed by atoms with Gasteiger partial charge in [0.1, 0.15) is 11.4 Å². The van der Waals surface area contributed by atoms with Crippen LogP contribution in [0.3, 0.4) is 0 Å². The van der Waals surface area contributed by atoms with Crippen LogP contribution in [0.2, 0.25) is 5.02 Å². The van der Waals surface area contributed by atoms with Gasteiger partial charge in [-0.15, -0.1) is 10.2 Å². The van der Waals surface area contributed by atoms with Crippen LogP contribution in [0.4, 0.5) is 5.95 Å². The number of nitrogens with two attached hydrogens (primary N) is 1. The molecule has 0 spiro atoms. The summed E-state index contributed by atoms with van der Waals surface area (Å²) in [5, 5.41) is 9.81. The Morgan fingerprint density at radius 1 is 1.12 bits per heavy atom. The second kappa shape index (κ2) is 6.09. The van der Waals surface area contributed by atoms with Crippen molar-refractivity contribution >= 4 is 44.4 Å². The Kier molecular flexibility index (Phi) is 3.89. The van der Waals surface area contributed by atoms with Crippen molar-refractivity contribution in [3.63, 3.8) is 0 Å². The van der Waals surface area contributed by atoms with Crippen molar-refractivity contribution < 1.29 is 0 Å². The van der Waals surface area contributed by atoms with E-state index in [-0.39, 0.29) is 5.95 Å². The van der Waals surface area contributed by atoms with E-state index in [1.807, 2.05) is 42.1 Å². The number of halogens is 2. The van der Waals surface area contributed by atoms with Crippen molar-refractivity contribution in [3.8, 4) is 22.5 Å². The molecule has 1 aromatic carbocycles. The molecule has 3 heterocycles. The lowest BCUT2D eigenvalue weighted by Crippen LogP contribution is -2.02. The van der Waals surface area contributed by atoms with Gasteiger partial charge in [-0.2, -0.15) is 0 Å². The van der Waals surface area contributed by atoms with E-state index in [0.29, 0.717) is 16.4 Å². The van der Waals surface area contributed by atoms with Crippen LogP contribution in [-0.2, 0) is 7.05 Å². The first-order chi connectivity index (χ1) is 12.0. The maximum atomic E-state index is 6.20. The fourth-order valence-corrected chi connectivity index (χ4v) is 3.35. The smallest absolute Gasteiger partial charge is 0.240 e. The van der Waals surface area contributed by atoms with Crippen molar-refractivity contribution in [1.29, 1.82) is 0 Å². The van der Waals surface area contributed by atoms with Crippen LogP contribution < -0.4 is 5.73 Å². The Morgan fingerprint density at radius 3 is 2.76 bits per heavy atom. The molecular weight excluding hydrogens is 404 g/mol. The predicted molar refractivity (Wildman–Crippen MR) is 102 cm³/mol. The number of benzene rings is 1. The minimum Gasteiger partial charge on any atom is -0.366 e. The van der Waals surface area contributed by atoms with E-state index >= 15 is 0 Å². The molecule has 0 saturated heterocycles. The van der Waals surface area contributed by atoms with Crippen LogP contribution in [0.15, 0.2) is 47.3 Å². The third kappa shape index (κ3) is 2.85. The molecule has 6 nitrogen and oxygen atoms in total. The number of anilines is 1. The third-order valence-electron chi connectivity index (χ3n) is 3.89. The Balaban J connectivity index is 2.03. The van der Waals surface area contributed by atoms with E-state index in [2.05, 4.69) is 36.1 Å². The fourth-order valence-electron chi connectivity index (χ4n) is 2.82. The van der Waals surface area contributed by atoms with Gasteiger partial charge < -0.3 is 10.3 Å². The Labute approximate surface area is 156 Å². The van der Waals surface area contributed by atoms with Crippen molar-refractivity contribution in [2.75, 3.05) is 5.73 Å². The molecule has 2 N–H and O–H groups in total. The first-order valence-electron chi connectivity index (χ1n) is 7.39. The van der Waals surface area contributed by atoms with Crippen molar-refractivity contribution in [2.24, 2.45) is 7.05 Å². The zero-order valence-corrected chi connectivity index (χ0v) is 15.5. The maximum absolute atomic E-state index is 6.20. The Bertz CT molecular complexity index is 1110. The zero-order valence-electron chi connectivity index (χ0n) is 13.1. The maximum Gasteiger partial charge on any atom is 0.240 e. The van der Waals surface area contributed by atoms with Gasteiger partial charge in [0, 0.05) is 57.2 Å². The summed E-state index contributed by atoms with van der Waals surface area (Å²) in [6.07, 6.45) is 5.41. The molecule has 25 heavy (non-hydrogen) atoms. The second-order valence-corrected chi connectivity index (χ2v) is 6.93. The molecule has 8 heteroatoms. The molecule has 0 amide bonds. The minimum atomic E-state index is 0.112. The van der Waals surface area contributed by atoms with E-state index in [0.717, 1.165) is 26.5 Å². The number of nitrogens with zero attached hydrogens (tertiary/aromatic N) is 5. The highest BCUT2D eigenvalue weighted by Gasteiger charge is 2.18. The number of nitrogen functional groups attached to an aromatic ring is 1. The number of pyridine rings is 1. The summed E-state index contributed by atoms with van der Waals surface area (Å²) in [4.78, 5) is 8.65. The highest BCUT2D eigenvalue weighted by molar-refractivity contribution is 9.10. The first kappa shape index (κ1) is 16.0. The average molecular weight is 416 g/mol. The van der Waals surface area contributed by atoms with Crippen LogP contribution in [0.25, 0.3) is 33.4 Å². The van der Waals surface area contributed by atoms with Gasteiger partial charge in [0.15, 0.2) is 0 Å². The van der Waals surface area contributed by atoms with E-state index in [9.17, 15) is 0 Å². The number of aromatic nitrogens is 5. The van der Waals surface area contributed by atoms with Crippen molar-refractivity contribution in [1.82, 2.24) is 24.7 Å². The molecular formula is C17H12BrClN6. The number of aryl methyl sites for hydroxylation is 1. The van der Waals surface area contributed by atoms with Crippen LogP contribution in [-0.4, -0.2) is 24.7 Å². The molecule has 0 aliphatic rings. The molecule has 4 aromatic rings. The van der Waals surface area contributed by atoms with Gasteiger partial charge in [0.2, 0.25) is 5.95 Å². The molecule has 0 aliphatic heterocycles. The van der Waals surface area contributed by atoms with Crippen LogP contribution >= 0.6 is 27.5 Å².